The summed E-state index contributed by atoms with van der Waals surface area (Å²) in [5.41, 5.74) is 1.38. The summed E-state index contributed by atoms with van der Waals surface area (Å²) in [7, 11) is 0. The first-order valence-electron chi connectivity index (χ1n) is 6.43. The van der Waals surface area contributed by atoms with Gasteiger partial charge in [-0.25, -0.2) is 4.98 Å². The molecule has 1 aromatic carbocycles. The molecule has 94 valence electrons. The second-order valence-electron chi connectivity index (χ2n) is 4.83. The van der Waals surface area contributed by atoms with Gasteiger partial charge in [0, 0.05) is 24.5 Å². The Morgan fingerprint density at radius 3 is 2.72 bits per heavy atom. The zero-order chi connectivity index (χ0) is 12.5. The van der Waals surface area contributed by atoms with Gasteiger partial charge in [0.15, 0.2) is 0 Å². The van der Waals surface area contributed by atoms with Gasteiger partial charge < -0.3 is 4.90 Å². The summed E-state index contributed by atoms with van der Waals surface area (Å²) >= 11 is 1.52. The number of rotatable bonds is 3. The van der Waals surface area contributed by atoms with Crippen molar-refractivity contribution in [2.45, 2.75) is 26.3 Å². The summed E-state index contributed by atoms with van der Waals surface area (Å²) in [5.74, 6) is 1.64. The van der Waals surface area contributed by atoms with E-state index in [-0.39, 0.29) is 0 Å². The molecule has 3 nitrogen and oxygen atoms in total. The molecule has 0 radical (unpaired) electrons. The third-order valence-corrected chi connectivity index (χ3v) is 4.31. The molecule has 2 heterocycles. The maximum absolute atomic E-state index is 4.59. The fraction of sp³-hybridized carbons (Fsp3) is 0.429. The Bertz CT molecular complexity index is 523. The van der Waals surface area contributed by atoms with Crippen molar-refractivity contribution in [3.63, 3.8) is 0 Å². The molecule has 1 fully saturated rings. The highest BCUT2D eigenvalue weighted by Crippen LogP contribution is 2.42. The number of nitrogens with zero attached hydrogens (tertiary/aromatic N) is 3. The van der Waals surface area contributed by atoms with Gasteiger partial charge in [-0.3, -0.25) is 0 Å². The van der Waals surface area contributed by atoms with Crippen LogP contribution in [0.3, 0.4) is 0 Å². The molecular formula is C14H17N3S. The van der Waals surface area contributed by atoms with Gasteiger partial charge in [0.05, 0.1) is 6.04 Å². The lowest BCUT2D eigenvalue weighted by Crippen LogP contribution is -2.48. The molecular weight excluding hydrogens is 242 g/mol. The zero-order valence-corrected chi connectivity index (χ0v) is 11.5. The van der Waals surface area contributed by atoms with Crippen molar-refractivity contribution >= 4 is 16.7 Å². The first-order chi connectivity index (χ1) is 8.79. The standard InChI is InChI=1S/C14H17N3S/c1-3-12-15-14(18-16-12)17-9-10(2)13(17)11-7-5-4-6-8-11/h4-8,10,13H,3,9H2,1-2H3. The van der Waals surface area contributed by atoms with Crippen LogP contribution in [0.25, 0.3) is 0 Å². The minimum atomic E-state index is 0.462. The number of aryl methyl sites for hydroxylation is 1. The van der Waals surface area contributed by atoms with Crippen molar-refractivity contribution in [3.05, 3.63) is 41.7 Å². The summed E-state index contributed by atoms with van der Waals surface area (Å²) in [4.78, 5) is 6.97. The van der Waals surface area contributed by atoms with E-state index in [1.165, 1.54) is 17.1 Å². The summed E-state index contributed by atoms with van der Waals surface area (Å²) in [5, 5.41) is 1.07. The first-order valence-corrected chi connectivity index (χ1v) is 7.21. The van der Waals surface area contributed by atoms with Crippen LogP contribution in [-0.2, 0) is 6.42 Å². The van der Waals surface area contributed by atoms with E-state index in [1.807, 2.05) is 0 Å². The van der Waals surface area contributed by atoms with Crippen LogP contribution in [0.5, 0.6) is 0 Å². The summed E-state index contributed by atoms with van der Waals surface area (Å²) in [6.45, 7) is 5.48. The minimum absolute atomic E-state index is 0.462. The molecule has 1 aliphatic rings. The molecule has 2 atom stereocenters. The van der Waals surface area contributed by atoms with E-state index in [9.17, 15) is 0 Å². The van der Waals surface area contributed by atoms with Crippen LogP contribution >= 0.6 is 11.5 Å². The topological polar surface area (TPSA) is 29.0 Å². The summed E-state index contributed by atoms with van der Waals surface area (Å²) in [6, 6.07) is 11.2. The van der Waals surface area contributed by atoms with Gasteiger partial charge in [-0.1, -0.05) is 44.2 Å². The van der Waals surface area contributed by atoms with Gasteiger partial charge in [0.2, 0.25) is 5.13 Å². The SMILES string of the molecule is CCc1nsc(N2CC(C)C2c2ccccc2)n1. The average molecular weight is 259 g/mol. The van der Waals surface area contributed by atoms with E-state index in [0.29, 0.717) is 12.0 Å². The normalized spacial score (nSPS) is 22.9. The molecule has 0 aliphatic carbocycles. The Labute approximate surface area is 112 Å². The predicted octanol–water partition coefficient (Wildman–Crippen LogP) is 3.30. The molecule has 4 heteroatoms. The lowest BCUT2D eigenvalue weighted by molar-refractivity contribution is 0.324. The predicted molar refractivity (Wildman–Crippen MR) is 75.0 cm³/mol. The summed E-state index contributed by atoms with van der Waals surface area (Å²) < 4.78 is 4.38. The van der Waals surface area contributed by atoms with E-state index in [1.54, 1.807) is 0 Å². The van der Waals surface area contributed by atoms with Crippen molar-refractivity contribution in [3.8, 4) is 0 Å². The van der Waals surface area contributed by atoms with Gasteiger partial charge in [-0.2, -0.15) is 4.37 Å². The van der Waals surface area contributed by atoms with Gasteiger partial charge in [0.25, 0.3) is 0 Å². The summed E-state index contributed by atoms with van der Waals surface area (Å²) in [6.07, 6.45) is 0.913. The number of hydrogen-bond acceptors (Lipinski definition) is 4. The van der Waals surface area contributed by atoms with Crippen LogP contribution in [0.15, 0.2) is 30.3 Å². The van der Waals surface area contributed by atoms with Crippen molar-refractivity contribution in [1.82, 2.24) is 9.36 Å². The quantitative estimate of drug-likeness (QED) is 0.847. The van der Waals surface area contributed by atoms with Crippen LogP contribution in [0.1, 0.15) is 31.3 Å². The molecule has 0 bridgehead atoms. The first kappa shape index (κ1) is 11.7. The molecule has 1 aromatic heterocycles. The fourth-order valence-electron chi connectivity index (χ4n) is 2.55. The van der Waals surface area contributed by atoms with E-state index in [2.05, 4.69) is 58.4 Å². The van der Waals surface area contributed by atoms with E-state index in [4.69, 9.17) is 0 Å². The van der Waals surface area contributed by atoms with Crippen molar-refractivity contribution in [2.24, 2.45) is 5.92 Å². The van der Waals surface area contributed by atoms with Gasteiger partial charge in [-0.15, -0.1) is 0 Å². The highest BCUT2D eigenvalue weighted by Gasteiger charge is 2.38. The Hall–Kier alpha value is -1.42. The maximum Gasteiger partial charge on any atom is 0.205 e. The third kappa shape index (κ3) is 1.90. The monoisotopic (exact) mass is 259 g/mol. The molecule has 2 aromatic rings. The third-order valence-electron chi connectivity index (χ3n) is 3.52. The molecule has 0 amide bonds. The minimum Gasteiger partial charge on any atom is -0.339 e. The van der Waals surface area contributed by atoms with Crippen LogP contribution in [0.4, 0.5) is 5.13 Å². The molecule has 0 saturated carbocycles. The fourth-order valence-corrected chi connectivity index (χ4v) is 3.35. The van der Waals surface area contributed by atoms with E-state index in [0.717, 1.165) is 23.9 Å². The Morgan fingerprint density at radius 2 is 2.11 bits per heavy atom. The lowest BCUT2D eigenvalue weighted by atomic mass is 9.85. The number of hydrogen-bond donors (Lipinski definition) is 0. The van der Waals surface area contributed by atoms with Gasteiger partial charge >= 0.3 is 0 Å². The molecule has 1 aliphatic heterocycles. The largest absolute Gasteiger partial charge is 0.339 e. The highest BCUT2D eigenvalue weighted by atomic mass is 32.1. The lowest BCUT2D eigenvalue weighted by Gasteiger charge is -2.46. The van der Waals surface area contributed by atoms with Crippen molar-refractivity contribution in [2.75, 3.05) is 11.4 Å². The second kappa shape index (κ2) is 4.69. The maximum atomic E-state index is 4.59. The Morgan fingerprint density at radius 1 is 1.33 bits per heavy atom. The van der Waals surface area contributed by atoms with E-state index >= 15 is 0 Å². The smallest absolute Gasteiger partial charge is 0.205 e. The molecule has 18 heavy (non-hydrogen) atoms. The highest BCUT2D eigenvalue weighted by molar-refractivity contribution is 7.09. The number of anilines is 1. The van der Waals surface area contributed by atoms with Crippen LogP contribution in [0.2, 0.25) is 0 Å². The van der Waals surface area contributed by atoms with Crippen LogP contribution in [0, 0.1) is 5.92 Å². The number of aromatic nitrogens is 2. The van der Waals surface area contributed by atoms with Crippen LogP contribution in [-0.4, -0.2) is 15.9 Å². The molecule has 1 saturated heterocycles. The van der Waals surface area contributed by atoms with Crippen LogP contribution < -0.4 is 4.90 Å². The van der Waals surface area contributed by atoms with Crippen molar-refractivity contribution in [1.29, 1.82) is 0 Å². The van der Waals surface area contributed by atoms with E-state index < -0.39 is 0 Å². The van der Waals surface area contributed by atoms with Crippen molar-refractivity contribution < 1.29 is 0 Å². The van der Waals surface area contributed by atoms with Gasteiger partial charge in [0.1, 0.15) is 5.82 Å². The molecule has 2 unspecified atom stereocenters. The zero-order valence-electron chi connectivity index (χ0n) is 10.7. The Kier molecular flexibility index (Phi) is 3.04. The van der Waals surface area contributed by atoms with Gasteiger partial charge in [-0.05, 0) is 11.5 Å². The average Bonchev–Trinajstić information content (AvgIpc) is 2.85. The molecule has 3 rings (SSSR count). The molecule has 0 spiro atoms. The second-order valence-corrected chi connectivity index (χ2v) is 5.56. The molecule has 0 N–H and O–H groups in total. The Balaban J connectivity index is 1.86. The number of benzene rings is 1.